The van der Waals surface area contributed by atoms with Crippen LogP contribution in [0, 0.1) is 0 Å². The third kappa shape index (κ3) is 3.09. The lowest BCUT2D eigenvalue weighted by molar-refractivity contribution is 0.540. The number of nitrogens with one attached hydrogen (secondary N) is 1. The number of hydrogen-bond donors (Lipinski definition) is 1. The van der Waals surface area contributed by atoms with Crippen LogP contribution in [-0.2, 0) is 10.0 Å². The van der Waals surface area contributed by atoms with Crippen LogP contribution in [0.4, 0.5) is 5.69 Å². The highest BCUT2D eigenvalue weighted by molar-refractivity contribution is 7.89. The van der Waals surface area contributed by atoms with E-state index in [-0.39, 0.29) is 6.17 Å². The summed E-state index contributed by atoms with van der Waals surface area (Å²) in [6.07, 6.45) is 1.90. The lowest BCUT2D eigenvalue weighted by Gasteiger charge is -2.33. The van der Waals surface area contributed by atoms with Crippen molar-refractivity contribution >= 4 is 15.7 Å². The average molecular weight is 284 g/mol. The van der Waals surface area contributed by atoms with Crippen LogP contribution < -0.4 is 9.62 Å². The van der Waals surface area contributed by atoms with Gasteiger partial charge in [0.2, 0.25) is 10.0 Å². The Morgan fingerprint density at radius 3 is 2.47 bits per heavy atom. The Morgan fingerprint density at radius 2 is 1.79 bits per heavy atom. The number of para-hydroxylation sites is 1. The molecule has 19 heavy (non-hydrogen) atoms. The fourth-order valence-corrected chi connectivity index (χ4v) is 3.79. The summed E-state index contributed by atoms with van der Waals surface area (Å²) in [7, 11) is -3.29. The minimum atomic E-state index is -3.29. The van der Waals surface area contributed by atoms with E-state index in [0.29, 0.717) is 4.90 Å². The summed E-state index contributed by atoms with van der Waals surface area (Å²) < 4.78 is 26.5. The standard InChI is InChI=1S/C10H12N2O2S.2C2H6/c13-15(14)9-5-2-1-4-8(9)12-7-3-6-10(12)11-15;2*1-2/h1-2,4-5,10-11H,3,6-7H2;2*1-2H3. The lowest BCUT2D eigenvalue weighted by Crippen LogP contribution is -2.48. The van der Waals surface area contributed by atoms with Gasteiger partial charge in [-0.05, 0) is 25.0 Å². The minimum absolute atomic E-state index is 0.0371. The van der Waals surface area contributed by atoms with E-state index in [0.717, 1.165) is 25.1 Å². The molecule has 1 unspecified atom stereocenters. The molecule has 3 rings (SSSR count). The molecule has 1 atom stereocenters. The van der Waals surface area contributed by atoms with Crippen LogP contribution >= 0.6 is 0 Å². The van der Waals surface area contributed by atoms with E-state index in [1.54, 1.807) is 12.1 Å². The van der Waals surface area contributed by atoms with Crippen molar-refractivity contribution in [1.29, 1.82) is 0 Å². The predicted octanol–water partition coefficient (Wildman–Crippen LogP) is 2.96. The number of benzene rings is 1. The van der Waals surface area contributed by atoms with E-state index < -0.39 is 10.0 Å². The molecule has 0 aliphatic carbocycles. The van der Waals surface area contributed by atoms with Gasteiger partial charge in [-0.3, -0.25) is 0 Å². The quantitative estimate of drug-likeness (QED) is 0.797. The van der Waals surface area contributed by atoms with Crippen molar-refractivity contribution in [2.75, 3.05) is 11.4 Å². The molecule has 2 heterocycles. The van der Waals surface area contributed by atoms with E-state index in [4.69, 9.17) is 0 Å². The van der Waals surface area contributed by atoms with E-state index in [9.17, 15) is 8.42 Å². The minimum Gasteiger partial charge on any atom is -0.354 e. The Bertz CT molecular complexity index is 500. The summed E-state index contributed by atoms with van der Waals surface area (Å²) in [4.78, 5) is 2.54. The number of hydrogen-bond acceptors (Lipinski definition) is 3. The van der Waals surface area contributed by atoms with Gasteiger partial charge in [0.05, 0.1) is 11.9 Å². The first kappa shape index (κ1) is 16.0. The molecule has 1 aromatic rings. The second-order valence-electron chi connectivity index (χ2n) is 3.94. The topological polar surface area (TPSA) is 49.4 Å². The summed E-state index contributed by atoms with van der Waals surface area (Å²) in [5.41, 5.74) is 0.846. The maximum absolute atomic E-state index is 11.9. The van der Waals surface area contributed by atoms with Gasteiger partial charge in [0.15, 0.2) is 0 Å². The monoisotopic (exact) mass is 284 g/mol. The van der Waals surface area contributed by atoms with Gasteiger partial charge in [-0.25, -0.2) is 8.42 Å². The van der Waals surface area contributed by atoms with Crippen LogP contribution in [0.25, 0.3) is 0 Å². The van der Waals surface area contributed by atoms with Crippen molar-refractivity contribution in [2.45, 2.75) is 51.6 Å². The van der Waals surface area contributed by atoms with Crippen LogP contribution in [0.1, 0.15) is 40.5 Å². The van der Waals surface area contributed by atoms with E-state index in [1.165, 1.54) is 0 Å². The number of anilines is 1. The van der Waals surface area contributed by atoms with Crippen molar-refractivity contribution < 1.29 is 8.42 Å². The average Bonchev–Trinajstić information content (AvgIpc) is 2.91. The van der Waals surface area contributed by atoms with Crippen LogP contribution in [0.2, 0.25) is 0 Å². The first-order valence-electron chi connectivity index (χ1n) is 7.06. The highest BCUT2D eigenvalue weighted by Gasteiger charge is 2.37. The molecule has 0 aromatic heterocycles. The third-order valence-electron chi connectivity index (χ3n) is 3.01. The Balaban J connectivity index is 0.000000415. The molecule has 0 radical (unpaired) electrons. The molecule has 0 bridgehead atoms. The number of nitrogens with zero attached hydrogens (tertiary/aromatic N) is 1. The zero-order chi connectivity index (χ0) is 14.5. The molecule has 1 fully saturated rings. The van der Waals surface area contributed by atoms with E-state index in [2.05, 4.69) is 9.62 Å². The highest BCUT2D eigenvalue weighted by atomic mass is 32.2. The summed E-state index contributed by atoms with van der Waals surface area (Å²) >= 11 is 0. The summed E-state index contributed by atoms with van der Waals surface area (Å²) in [6, 6.07) is 7.18. The molecule has 1 aromatic carbocycles. The van der Waals surface area contributed by atoms with Gasteiger partial charge in [0, 0.05) is 6.54 Å². The Morgan fingerprint density at radius 1 is 1.16 bits per heavy atom. The van der Waals surface area contributed by atoms with Crippen molar-refractivity contribution in [3.8, 4) is 0 Å². The van der Waals surface area contributed by atoms with Crippen molar-refractivity contribution in [2.24, 2.45) is 0 Å². The van der Waals surface area contributed by atoms with Gasteiger partial charge in [-0.1, -0.05) is 39.8 Å². The van der Waals surface area contributed by atoms with E-state index >= 15 is 0 Å². The zero-order valence-electron chi connectivity index (χ0n) is 12.2. The molecule has 1 saturated heterocycles. The molecule has 0 spiro atoms. The van der Waals surface area contributed by atoms with Crippen LogP contribution in [0.5, 0.6) is 0 Å². The normalized spacial score (nSPS) is 22.1. The molecule has 5 heteroatoms. The first-order valence-corrected chi connectivity index (χ1v) is 8.55. The van der Waals surface area contributed by atoms with Crippen molar-refractivity contribution in [3.05, 3.63) is 24.3 Å². The molecular weight excluding hydrogens is 260 g/mol. The smallest absolute Gasteiger partial charge is 0.244 e. The molecular formula is C14H24N2O2S. The summed E-state index contributed by atoms with van der Waals surface area (Å²) in [5, 5.41) is 0. The Labute approximate surface area is 116 Å². The van der Waals surface area contributed by atoms with Gasteiger partial charge < -0.3 is 4.90 Å². The predicted molar refractivity (Wildman–Crippen MR) is 79.8 cm³/mol. The summed E-state index contributed by atoms with van der Waals surface area (Å²) in [5.74, 6) is 0. The Kier molecular flexibility index (Phi) is 5.82. The number of sulfonamides is 1. The fourth-order valence-electron chi connectivity index (χ4n) is 2.34. The van der Waals surface area contributed by atoms with Crippen molar-refractivity contribution in [3.63, 3.8) is 0 Å². The largest absolute Gasteiger partial charge is 0.354 e. The van der Waals surface area contributed by atoms with Crippen LogP contribution in [0.3, 0.4) is 0 Å². The molecule has 2 aliphatic rings. The number of rotatable bonds is 0. The van der Waals surface area contributed by atoms with E-state index in [1.807, 2.05) is 39.8 Å². The second-order valence-corrected chi connectivity index (χ2v) is 5.62. The van der Waals surface area contributed by atoms with Crippen LogP contribution in [0.15, 0.2) is 29.2 Å². The van der Waals surface area contributed by atoms with Crippen molar-refractivity contribution in [1.82, 2.24) is 4.72 Å². The SMILES string of the molecule is CC.CC.O=S1(=O)NC2CCCN2c2ccccc21. The molecule has 2 aliphatic heterocycles. The van der Waals surface area contributed by atoms with Gasteiger partial charge >= 0.3 is 0 Å². The maximum atomic E-state index is 11.9. The van der Waals surface area contributed by atoms with Gasteiger partial charge in [-0.15, -0.1) is 0 Å². The molecule has 108 valence electrons. The number of fused-ring (bicyclic) bond motifs is 3. The van der Waals surface area contributed by atoms with Crippen LogP contribution in [-0.4, -0.2) is 21.1 Å². The molecule has 4 nitrogen and oxygen atoms in total. The lowest BCUT2D eigenvalue weighted by atomic mass is 10.3. The zero-order valence-corrected chi connectivity index (χ0v) is 13.0. The third-order valence-corrected chi connectivity index (χ3v) is 4.51. The first-order chi connectivity index (χ1) is 9.18. The highest BCUT2D eigenvalue weighted by Crippen LogP contribution is 2.34. The molecule has 0 amide bonds. The maximum Gasteiger partial charge on any atom is 0.244 e. The van der Waals surface area contributed by atoms with Gasteiger partial charge in [0.1, 0.15) is 4.90 Å². The van der Waals surface area contributed by atoms with Gasteiger partial charge in [0.25, 0.3) is 0 Å². The Hall–Kier alpha value is -1.07. The molecule has 1 N–H and O–H groups in total. The van der Waals surface area contributed by atoms with Gasteiger partial charge in [-0.2, -0.15) is 4.72 Å². The fraction of sp³-hybridized carbons (Fsp3) is 0.571. The second kappa shape index (κ2) is 6.91. The molecule has 0 saturated carbocycles. The summed E-state index contributed by atoms with van der Waals surface area (Å²) in [6.45, 7) is 8.93.